The molecule has 1 aliphatic heterocycles. The summed E-state index contributed by atoms with van der Waals surface area (Å²) in [7, 11) is 1.77. The first-order valence-electron chi connectivity index (χ1n) is 7.77. The number of anilines is 1. The molecule has 2 atom stereocenters. The molecule has 2 heterocycles. The lowest BCUT2D eigenvalue weighted by Gasteiger charge is -2.36. The van der Waals surface area contributed by atoms with Crippen molar-refractivity contribution >= 4 is 22.9 Å². The maximum atomic E-state index is 6.20. The van der Waals surface area contributed by atoms with Gasteiger partial charge in [-0.15, -0.1) is 0 Å². The lowest BCUT2D eigenvalue weighted by atomic mass is 9.95. The monoisotopic (exact) mass is 297 g/mol. The zero-order chi connectivity index (χ0) is 15.7. The Morgan fingerprint density at radius 2 is 2.14 bits per heavy atom. The zero-order valence-corrected chi connectivity index (χ0v) is 13.5. The van der Waals surface area contributed by atoms with E-state index in [4.69, 9.17) is 5.73 Å². The average Bonchev–Trinajstić information content (AvgIpc) is 2.47. The molecule has 1 saturated heterocycles. The highest BCUT2D eigenvalue weighted by molar-refractivity contribution is 6.01. The van der Waals surface area contributed by atoms with Crippen molar-refractivity contribution in [2.75, 3.05) is 25.0 Å². The number of aromatic nitrogens is 2. The SMILES string of the molecule is C/N=C/c1ccc(N2C[C@@H](C)C[C@@H](N)C2)c2ncc(C)nc12. The molecule has 0 saturated carbocycles. The number of aryl methyl sites for hydroxylation is 1. The Bertz CT molecular complexity index is 700. The number of piperidine rings is 1. The van der Waals surface area contributed by atoms with Crippen molar-refractivity contribution in [3.8, 4) is 0 Å². The van der Waals surface area contributed by atoms with Gasteiger partial charge in [-0.2, -0.15) is 0 Å². The van der Waals surface area contributed by atoms with Crippen LogP contribution in [-0.4, -0.2) is 42.4 Å². The first kappa shape index (κ1) is 14.9. The van der Waals surface area contributed by atoms with Crippen LogP contribution < -0.4 is 10.6 Å². The lowest BCUT2D eigenvalue weighted by Crippen LogP contribution is -2.46. The Morgan fingerprint density at radius 3 is 2.86 bits per heavy atom. The largest absolute Gasteiger partial charge is 0.368 e. The van der Waals surface area contributed by atoms with Crippen LogP contribution in [0.3, 0.4) is 0 Å². The molecule has 3 rings (SSSR count). The van der Waals surface area contributed by atoms with Crippen LogP contribution in [0.15, 0.2) is 23.3 Å². The van der Waals surface area contributed by atoms with Crippen LogP contribution in [0.5, 0.6) is 0 Å². The van der Waals surface area contributed by atoms with Crippen LogP contribution >= 0.6 is 0 Å². The highest BCUT2D eigenvalue weighted by atomic mass is 15.2. The molecule has 1 aliphatic rings. The van der Waals surface area contributed by atoms with E-state index in [9.17, 15) is 0 Å². The molecule has 116 valence electrons. The predicted octanol–water partition coefficient (Wildman–Crippen LogP) is 2.16. The molecule has 1 aromatic heterocycles. The standard InChI is InChI=1S/C17H23N5/c1-11-6-14(18)10-22(9-11)15-5-4-13(8-19-3)16-17(15)20-7-12(2)21-16/h4-5,7-8,11,14H,6,9-10,18H2,1-3H3/b19-8+/t11-,14+/m0/s1. The second-order valence-electron chi connectivity index (χ2n) is 6.28. The summed E-state index contributed by atoms with van der Waals surface area (Å²) in [6.07, 6.45) is 4.75. The third-order valence-electron chi connectivity index (χ3n) is 4.13. The first-order chi connectivity index (χ1) is 10.6. The smallest absolute Gasteiger partial charge is 0.113 e. The van der Waals surface area contributed by atoms with E-state index in [0.717, 1.165) is 47.5 Å². The number of aliphatic imine (C=N–C) groups is 1. The molecule has 0 radical (unpaired) electrons. The van der Waals surface area contributed by atoms with E-state index in [0.29, 0.717) is 5.92 Å². The van der Waals surface area contributed by atoms with Crippen molar-refractivity contribution in [1.29, 1.82) is 0 Å². The van der Waals surface area contributed by atoms with E-state index < -0.39 is 0 Å². The van der Waals surface area contributed by atoms with Gasteiger partial charge in [-0.3, -0.25) is 9.98 Å². The van der Waals surface area contributed by atoms with Gasteiger partial charge in [0.2, 0.25) is 0 Å². The number of hydrogen-bond donors (Lipinski definition) is 1. The van der Waals surface area contributed by atoms with Gasteiger partial charge in [0.05, 0.1) is 16.9 Å². The van der Waals surface area contributed by atoms with Gasteiger partial charge < -0.3 is 10.6 Å². The normalized spacial score (nSPS) is 22.6. The Balaban J connectivity index is 2.12. The first-order valence-corrected chi connectivity index (χ1v) is 7.77. The molecule has 0 aliphatic carbocycles. The summed E-state index contributed by atoms with van der Waals surface area (Å²) in [5.41, 5.74) is 11.1. The van der Waals surface area contributed by atoms with Gasteiger partial charge in [0, 0.05) is 44.2 Å². The van der Waals surface area contributed by atoms with E-state index in [1.54, 1.807) is 7.05 Å². The van der Waals surface area contributed by atoms with Crippen LogP contribution in [0.4, 0.5) is 5.69 Å². The molecular weight excluding hydrogens is 274 g/mol. The Morgan fingerprint density at radius 1 is 1.32 bits per heavy atom. The van der Waals surface area contributed by atoms with Crippen LogP contribution in [0.2, 0.25) is 0 Å². The fourth-order valence-corrected chi connectivity index (χ4v) is 3.29. The van der Waals surface area contributed by atoms with Crippen molar-refractivity contribution in [2.24, 2.45) is 16.6 Å². The zero-order valence-electron chi connectivity index (χ0n) is 13.5. The fraction of sp³-hybridized carbons (Fsp3) is 0.471. The summed E-state index contributed by atoms with van der Waals surface area (Å²) in [6, 6.07) is 4.41. The molecule has 2 N–H and O–H groups in total. The van der Waals surface area contributed by atoms with E-state index in [-0.39, 0.29) is 6.04 Å². The van der Waals surface area contributed by atoms with E-state index in [2.05, 4.69) is 38.9 Å². The van der Waals surface area contributed by atoms with Gasteiger partial charge in [0.15, 0.2) is 0 Å². The second kappa shape index (κ2) is 6.01. The highest BCUT2D eigenvalue weighted by Crippen LogP contribution is 2.29. The topological polar surface area (TPSA) is 67.4 Å². The van der Waals surface area contributed by atoms with E-state index in [1.165, 1.54) is 0 Å². The summed E-state index contributed by atoms with van der Waals surface area (Å²) >= 11 is 0. The lowest BCUT2D eigenvalue weighted by molar-refractivity contribution is 0.402. The quantitative estimate of drug-likeness (QED) is 0.863. The Labute approximate surface area is 131 Å². The summed E-state index contributed by atoms with van der Waals surface area (Å²) < 4.78 is 0. The van der Waals surface area contributed by atoms with Gasteiger partial charge in [-0.05, 0) is 31.4 Å². The molecule has 1 fully saturated rings. The molecule has 22 heavy (non-hydrogen) atoms. The molecule has 0 bridgehead atoms. The molecule has 5 heteroatoms. The molecule has 2 aromatic rings. The van der Waals surface area contributed by atoms with Crippen molar-refractivity contribution < 1.29 is 0 Å². The molecule has 0 unspecified atom stereocenters. The van der Waals surface area contributed by atoms with Gasteiger partial charge in [-0.25, -0.2) is 4.98 Å². The number of benzene rings is 1. The van der Waals surface area contributed by atoms with Crippen molar-refractivity contribution in [3.63, 3.8) is 0 Å². The maximum absolute atomic E-state index is 6.20. The van der Waals surface area contributed by atoms with Crippen molar-refractivity contribution in [3.05, 3.63) is 29.6 Å². The Kier molecular flexibility index (Phi) is 4.07. The number of rotatable bonds is 2. The number of nitrogens with zero attached hydrogens (tertiary/aromatic N) is 4. The number of hydrogen-bond acceptors (Lipinski definition) is 5. The van der Waals surface area contributed by atoms with Gasteiger partial charge >= 0.3 is 0 Å². The number of fused-ring (bicyclic) bond motifs is 1. The molecule has 1 aromatic carbocycles. The van der Waals surface area contributed by atoms with Crippen LogP contribution in [0.1, 0.15) is 24.6 Å². The summed E-state index contributed by atoms with van der Waals surface area (Å²) in [4.78, 5) is 15.8. The Hall–Kier alpha value is -2.01. The predicted molar refractivity (Wildman–Crippen MR) is 91.8 cm³/mol. The van der Waals surface area contributed by atoms with Crippen LogP contribution in [-0.2, 0) is 0 Å². The summed E-state index contributed by atoms with van der Waals surface area (Å²) in [6.45, 7) is 6.10. The third-order valence-corrected chi connectivity index (χ3v) is 4.13. The van der Waals surface area contributed by atoms with Gasteiger partial charge in [-0.1, -0.05) is 6.92 Å². The average molecular weight is 297 g/mol. The minimum atomic E-state index is 0.217. The van der Waals surface area contributed by atoms with Crippen LogP contribution in [0.25, 0.3) is 11.0 Å². The third kappa shape index (κ3) is 2.81. The van der Waals surface area contributed by atoms with Gasteiger partial charge in [0.25, 0.3) is 0 Å². The van der Waals surface area contributed by atoms with Crippen molar-refractivity contribution in [2.45, 2.75) is 26.3 Å². The second-order valence-corrected chi connectivity index (χ2v) is 6.28. The highest BCUT2D eigenvalue weighted by Gasteiger charge is 2.24. The molecule has 5 nitrogen and oxygen atoms in total. The van der Waals surface area contributed by atoms with E-state index in [1.807, 2.05) is 19.3 Å². The summed E-state index contributed by atoms with van der Waals surface area (Å²) in [5.74, 6) is 0.592. The maximum Gasteiger partial charge on any atom is 0.113 e. The van der Waals surface area contributed by atoms with E-state index >= 15 is 0 Å². The molecule has 0 amide bonds. The van der Waals surface area contributed by atoms with Gasteiger partial charge in [0.1, 0.15) is 5.52 Å². The fourth-order valence-electron chi connectivity index (χ4n) is 3.29. The van der Waals surface area contributed by atoms with Crippen LogP contribution in [0, 0.1) is 12.8 Å². The van der Waals surface area contributed by atoms with Crippen molar-refractivity contribution in [1.82, 2.24) is 9.97 Å². The number of nitrogens with two attached hydrogens (primary N) is 1. The molecular formula is C17H23N5. The minimum absolute atomic E-state index is 0.217. The summed E-state index contributed by atoms with van der Waals surface area (Å²) in [5, 5.41) is 0. The minimum Gasteiger partial charge on any atom is -0.368 e. The molecule has 0 spiro atoms.